The molecule has 5 rings (SSSR count). The lowest BCUT2D eigenvalue weighted by Crippen LogP contribution is -2.66. The molecule has 5 heteroatoms. The van der Waals surface area contributed by atoms with E-state index in [0.29, 0.717) is 30.6 Å². The van der Waals surface area contributed by atoms with Gasteiger partial charge in [0.05, 0.1) is 11.0 Å². The van der Waals surface area contributed by atoms with Crippen LogP contribution >= 0.6 is 0 Å². The first-order valence-corrected chi connectivity index (χ1v) is 12.1. The summed E-state index contributed by atoms with van der Waals surface area (Å²) >= 11 is 0. The molecule has 0 aromatic heterocycles. The Morgan fingerprint density at radius 1 is 1.03 bits per heavy atom. The SMILES string of the molecule is C[C@@]12CC[C@@]3(C1)[C@H](CC2=O)C[C@H](OC(=O)c1ccccc1)[C@H]1[C@](C)(C(=O)O)CCC[C@@]13C. The molecule has 0 aliphatic heterocycles. The van der Waals surface area contributed by atoms with Crippen LogP contribution in [0.4, 0.5) is 0 Å². The van der Waals surface area contributed by atoms with Gasteiger partial charge in [0.15, 0.2) is 0 Å². The van der Waals surface area contributed by atoms with Crippen LogP contribution in [0.1, 0.15) is 82.5 Å². The minimum absolute atomic E-state index is 0.0485. The van der Waals surface area contributed by atoms with Gasteiger partial charge >= 0.3 is 11.9 Å². The molecule has 4 aliphatic carbocycles. The second-order valence-electron chi connectivity index (χ2n) is 11.7. The molecule has 7 atom stereocenters. The van der Waals surface area contributed by atoms with E-state index in [9.17, 15) is 19.5 Å². The molecule has 1 spiro atoms. The van der Waals surface area contributed by atoms with E-state index < -0.39 is 23.5 Å². The summed E-state index contributed by atoms with van der Waals surface area (Å²) in [7, 11) is 0. The number of fused-ring (bicyclic) bond motifs is 2. The number of hydrogen-bond acceptors (Lipinski definition) is 4. The third kappa shape index (κ3) is 2.72. The summed E-state index contributed by atoms with van der Waals surface area (Å²) < 4.78 is 6.16. The molecule has 4 saturated carbocycles. The Balaban J connectivity index is 1.59. The van der Waals surface area contributed by atoms with Gasteiger partial charge in [-0.2, -0.15) is 0 Å². The molecule has 0 unspecified atom stereocenters. The quantitative estimate of drug-likeness (QED) is 0.650. The molecule has 0 heterocycles. The Bertz CT molecular complexity index is 972. The zero-order chi connectivity index (χ0) is 22.9. The van der Waals surface area contributed by atoms with Crippen LogP contribution in [0.2, 0.25) is 0 Å². The highest BCUT2D eigenvalue weighted by atomic mass is 16.5. The number of carboxylic acid groups (broad SMARTS) is 1. The van der Waals surface area contributed by atoms with Gasteiger partial charge in [-0.25, -0.2) is 4.79 Å². The minimum Gasteiger partial charge on any atom is -0.481 e. The van der Waals surface area contributed by atoms with Crippen LogP contribution in [0, 0.1) is 33.5 Å². The maximum atomic E-state index is 13.1. The zero-order valence-electron chi connectivity index (χ0n) is 19.4. The fraction of sp³-hybridized carbons (Fsp3) is 0.667. The molecule has 0 saturated heterocycles. The number of carbonyl (C=O) groups excluding carboxylic acids is 2. The van der Waals surface area contributed by atoms with E-state index in [0.717, 1.165) is 32.1 Å². The number of Topliss-reactive ketones (excluding diaryl/α,β-unsaturated/α-hetero) is 1. The number of hydrogen-bond donors (Lipinski definition) is 1. The number of aliphatic carboxylic acids is 1. The molecule has 5 nitrogen and oxygen atoms in total. The smallest absolute Gasteiger partial charge is 0.338 e. The van der Waals surface area contributed by atoms with E-state index in [1.807, 2.05) is 13.0 Å². The van der Waals surface area contributed by atoms with Gasteiger partial charge in [0.25, 0.3) is 0 Å². The van der Waals surface area contributed by atoms with Gasteiger partial charge in [0.1, 0.15) is 11.9 Å². The molecule has 172 valence electrons. The Morgan fingerprint density at radius 2 is 1.75 bits per heavy atom. The average Bonchev–Trinajstić information content (AvgIpc) is 3.08. The lowest BCUT2D eigenvalue weighted by atomic mass is 9.37. The van der Waals surface area contributed by atoms with E-state index in [1.165, 1.54) is 0 Å². The number of ketones is 1. The van der Waals surface area contributed by atoms with Crippen molar-refractivity contribution >= 4 is 17.7 Å². The molecule has 0 amide bonds. The molecular formula is C27H34O5. The summed E-state index contributed by atoms with van der Waals surface area (Å²) in [5.74, 6) is -0.970. The fourth-order valence-electron chi connectivity index (χ4n) is 8.66. The lowest BCUT2D eigenvalue weighted by molar-refractivity contribution is -0.224. The first-order chi connectivity index (χ1) is 15.1. The largest absolute Gasteiger partial charge is 0.481 e. The molecule has 4 aliphatic rings. The first kappa shape index (κ1) is 21.7. The van der Waals surface area contributed by atoms with Crippen molar-refractivity contribution in [3.05, 3.63) is 35.9 Å². The predicted molar refractivity (Wildman–Crippen MR) is 119 cm³/mol. The van der Waals surface area contributed by atoms with E-state index in [1.54, 1.807) is 24.3 Å². The highest BCUT2D eigenvalue weighted by molar-refractivity contribution is 5.89. The van der Waals surface area contributed by atoms with Crippen LogP contribution in [0.15, 0.2) is 30.3 Å². The van der Waals surface area contributed by atoms with Gasteiger partial charge < -0.3 is 9.84 Å². The third-order valence-electron chi connectivity index (χ3n) is 10.3. The summed E-state index contributed by atoms with van der Waals surface area (Å²) in [5.41, 5.74) is -1.08. The van der Waals surface area contributed by atoms with Crippen LogP contribution in [0.25, 0.3) is 0 Å². The molecule has 1 N–H and O–H groups in total. The van der Waals surface area contributed by atoms with Crippen molar-refractivity contribution in [1.29, 1.82) is 0 Å². The van der Waals surface area contributed by atoms with Gasteiger partial charge in [0.2, 0.25) is 0 Å². The molecule has 32 heavy (non-hydrogen) atoms. The highest BCUT2D eigenvalue weighted by Gasteiger charge is 2.73. The van der Waals surface area contributed by atoms with Crippen LogP contribution in [-0.2, 0) is 14.3 Å². The van der Waals surface area contributed by atoms with Crippen molar-refractivity contribution in [2.45, 2.75) is 78.2 Å². The van der Waals surface area contributed by atoms with Crippen LogP contribution in [0.5, 0.6) is 0 Å². The number of ether oxygens (including phenoxy) is 1. The topological polar surface area (TPSA) is 80.7 Å². The number of carboxylic acids is 1. The van der Waals surface area contributed by atoms with Crippen LogP contribution in [-0.4, -0.2) is 28.9 Å². The van der Waals surface area contributed by atoms with Crippen molar-refractivity contribution in [3.63, 3.8) is 0 Å². The summed E-state index contributed by atoms with van der Waals surface area (Å²) in [6.45, 7) is 6.23. The van der Waals surface area contributed by atoms with Crippen LogP contribution in [0.3, 0.4) is 0 Å². The second-order valence-corrected chi connectivity index (χ2v) is 11.7. The van der Waals surface area contributed by atoms with Crippen molar-refractivity contribution in [1.82, 2.24) is 0 Å². The Kier molecular flexibility index (Phi) is 4.68. The zero-order valence-corrected chi connectivity index (χ0v) is 19.4. The minimum atomic E-state index is -0.950. The molecule has 1 aromatic rings. The number of esters is 1. The third-order valence-corrected chi connectivity index (χ3v) is 10.3. The Hall–Kier alpha value is -2.17. The van der Waals surface area contributed by atoms with Crippen molar-refractivity contribution in [2.75, 3.05) is 0 Å². The maximum Gasteiger partial charge on any atom is 0.338 e. The van der Waals surface area contributed by atoms with E-state index in [-0.39, 0.29) is 28.1 Å². The van der Waals surface area contributed by atoms with Gasteiger partial charge in [-0.15, -0.1) is 0 Å². The van der Waals surface area contributed by atoms with Gasteiger partial charge in [-0.3, -0.25) is 9.59 Å². The lowest BCUT2D eigenvalue weighted by Gasteiger charge is -2.67. The molecule has 1 aromatic carbocycles. The molecular weight excluding hydrogens is 404 g/mol. The molecule has 0 radical (unpaired) electrons. The average molecular weight is 439 g/mol. The predicted octanol–water partition coefficient (Wildman–Crippen LogP) is 5.28. The summed E-state index contributed by atoms with van der Waals surface area (Å²) in [6.07, 6.45) is 5.72. The number of carbonyl (C=O) groups is 3. The number of rotatable bonds is 3. The van der Waals surface area contributed by atoms with Crippen LogP contribution < -0.4 is 0 Å². The highest BCUT2D eigenvalue weighted by Crippen LogP contribution is 2.75. The summed E-state index contributed by atoms with van der Waals surface area (Å²) in [6, 6.07) is 8.92. The fourth-order valence-corrected chi connectivity index (χ4v) is 8.66. The molecule has 2 bridgehead atoms. The van der Waals surface area contributed by atoms with Crippen molar-refractivity contribution in [3.8, 4) is 0 Å². The van der Waals surface area contributed by atoms with Crippen molar-refractivity contribution < 1.29 is 24.2 Å². The number of benzene rings is 1. The normalized spacial score (nSPS) is 45.0. The van der Waals surface area contributed by atoms with E-state index >= 15 is 0 Å². The Labute approximate surface area is 189 Å². The maximum absolute atomic E-state index is 13.1. The van der Waals surface area contributed by atoms with Gasteiger partial charge in [-0.05, 0) is 74.3 Å². The standard InChI is InChI=1S/C27H34O5/c1-24-12-13-27(16-24)18(15-20(24)28)14-19(32-22(29)17-8-5-4-6-9-17)21-25(2,23(30)31)10-7-11-26(21,27)3/h4-6,8-9,18-19,21H,7,10-16H2,1-3H3,(H,30,31)/t18-,19-,21-,24+,25+,26-,27+/m0/s1. The summed E-state index contributed by atoms with van der Waals surface area (Å²) in [4.78, 5) is 38.8. The van der Waals surface area contributed by atoms with Gasteiger partial charge in [0, 0.05) is 17.8 Å². The molecule has 4 fully saturated rings. The van der Waals surface area contributed by atoms with Crippen molar-refractivity contribution in [2.24, 2.45) is 33.5 Å². The first-order valence-electron chi connectivity index (χ1n) is 12.1. The van der Waals surface area contributed by atoms with E-state index in [2.05, 4.69) is 13.8 Å². The van der Waals surface area contributed by atoms with E-state index in [4.69, 9.17) is 4.74 Å². The Morgan fingerprint density at radius 3 is 2.44 bits per heavy atom. The van der Waals surface area contributed by atoms with Gasteiger partial charge in [-0.1, -0.05) is 38.5 Å². The second kappa shape index (κ2) is 6.91. The monoisotopic (exact) mass is 438 g/mol. The summed E-state index contributed by atoms with van der Waals surface area (Å²) in [5, 5.41) is 10.4.